The first-order valence-corrected chi connectivity index (χ1v) is 5.29. The third kappa shape index (κ3) is 2.74. The average Bonchev–Trinajstić information content (AvgIpc) is 2.31. The van der Waals surface area contributed by atoms with E-state index in [1.807, 2.05) is 18.2 Å². The highest BCUT2D eigenvalue weighted by molar-refractivity contribution is 5.50. The summed E-state index contributed by atoms with van der Waals surface area (Å²) in [4.78, 5) is 0. The predicted octanol–water partition coefficient (Wildman–Crippen LogP) is 2.26. The van der Waals surface area contributed by atoms with E-state index in [0.717, 1.165) is 37.3 Å². The SMILES string of the molecule is C#Cc1cccc(NC2CCOCC2)c1. The molecule has 0 amide bonds. The number of benzene rings is 1. The monoisotopic (exact) mass is 201 g/mol. The molecular formula is C13H15NO. The van der Waals surface area contributed by atoms with Crippen LogP contribution in [0.15, 0.2) is 24.3 Å². The molecule has 1 heterocycles. The summed E-state index contributed by atoms with van der Waals surface area (Å²) in [6, 6.07) is 8.50. The molecule has 0 aliphatic carbocycles. The standard InChI is InChI=1S/C13H15NO/c1-2-11-4-3-5-13(10-11)14-12-6-8-15-9-7-12/h1,3-5,10,12,14H,6-9H2. The Kier molecular flexibility index (Phi) is 3.26. The largest absolute Gasteiger partial charge is 0.382 e. The minimum absolute atomic E-state index is 0.520. The lowest BCUT2D eigenvalue weighted by Crippen LogP contribution is -2.27. The molecule has 1 N–H and O–H groups in total. The van der Waals surface area contributed by atoms with Gasteiger partial charge in [-0.2, -0.15) is 0 Å². The van der Waals surface area contributed by atoms with E-state index in [1.165, 1.54) is 0 Å². The number of rotatable bonds is 2. The molecule has 2 rings (SSSR count). The Morgan fingerprint density at radius 2 is 2.13 bits per heavy atom. The zero-order valence-electron chi connectivity index (χ0n) is 8.70. The van der Waals surface area contributed by atoms with Crippen molar-refractivity contribution in [2.45, 2.75) is 18.9 Å². The van der Waals surface area contributed by atoms with Gasteiger partial charge in [-0.15, -0.1) is 6.42 Å². The smallest absolute Gasteiger partial charge is 0.0485 e. The van der Waals surface area contributed by atoms with Crippen molar-refractivity contribution in [2.75, 3.05) is 18.5 Å². The van der Waals surface area contributed by atoms with E-state index in [4.69, 9.17) is 11.2 Å². The fraction of sp³-hybridized carbons (Fsp3) is 0.385. The zero-order chi connectivity index (χ0) is 10.5. The molecule has 0 radical (unpaired) electrons. The predicted molar refractivity (Wildman–Crippen MR) is 61.8 cm³/mol. The van der Waals surface area contributed by atoms with Crippen molar-refractivity contribution in [3.8, 4) is 12.3 Å². The van der Waals surface area contributed by atoms with Crippen LogP contribution in [0.4, 0.5) is 5.69 Å². The van der Waals surface area contributed by atoms with Crippen molar-refractivity contribution >= 4 is 5.69 Å². The zero-order valence-corrected chi connectivity index (χ0v) is 8.70. The van der Waals surface area contributed by atoms with Gasteiger partial charge in [-0.1, -0.05) is 12.0 Å². The van der Waals surface area contributed by atoms with Crippen LogP contribution in [0, 0.1) is 12.3 Å². The van der Waals surface area contributed by atoms with Gasteiger partial charge in [-0.3, -0.25) is 0 Å². The first-order chi connectivity index (χ1) is 7.38. The Hall–Kier alpha value is -1.46. The van der Waals surface area contributed by atoms with Crippen LogP contribution < -0.4 is 5.32 Å². The van der Waals surface area contributed by atoms with Crippen molar-refractivity contribution in [1.29, 1.82) is 0 Å². The Balaban J connectivity index is 2.00. The molecule has 1 fully saturated rings. The highest BCUT2D eigenvalue weighted by Gasteiger charge is 2.12. The topological polar surface area (TPSA) is 21.3 Å². The van der Waals surface area contributed by atoms with Crippen LogP contribution in [0.3, 0.4) is 0 Å². The lowest BCUT2D eigenvalue weighted by Gasteiger charge is -2.24. The molecule has 1 aromatic carbocycles. The van der Waals surface area contributed by atoms with Crippen molar-refractivity contribution in [3.05, 3.63) is 29.8 Å². The van der Waals surface area contributed by atoms with E-state index >= 15 is 0 Å². The molecule has 2 nitrogen and oxygen atoms in total. The Morgan fingerprint density at radius 3 is 2.87 bits per heavy atom. The molecule has 1 saturated heterocycles. The van der Waals surface area contributed by atoms with Crippen LogP contribution >= 0.6 is 0 Å². The van der Waals surface area contributed by atoms with E-state index in [9.17, 15) is 0 Å². The van der Waals surface area contributed by atoms with Gasteiger partial charge < -0.3 is 10.1 Å². The highest BCUT2D eigenvalue weighted by Crippen LogP contribution is 2.15. The maximum atomic E-state index is 5.35. The van der Waals surface area contributed by atoms with Crippen LogP contribution in [-0.2, 0) is 4.74 Å². The van der Waals surface area contributed by atoms with E-state index in [2.05, 4.69) is 17.3 Å². The van der Waals surface area contributed by atoms with Crippen LogP contribution in [-0.4, -0.2) is 19.3 Å². The summed E-state index contributed by atoms with van der Waals surface area (Å²) in [5, 5.41) is 3.48. The maximum absolute atomic E-state index is 5.35. The number of hydrogen-bond donors (Lipinski definition) is 1. The van der Waals surface area contributed by atoms with Crippen LogP contribution in [0.1, 0.15) is 18.4 Å². The Labute approximate surface area is 90.6 Å². The summed E-state index contributed by atoms with van der Waals surface area (Å²) < 4.78 is 5.31. The van der Waals surface area contributed by atoms with Crippen molar-refractivity contribution in [3.63, 3.8) is 0 Å². The van der Waals surface area contributed by atoms with Crippen molar-refractivity contribution in [2.24, 2.45) is 0 Å². The summed E-state index contributed by atoms with van der Waals surface area (Å²) in [7, 11) is 0. The van der Waals surface area contributed by atoms with Crippen molar-refractivity contribution in [1.82, 2.24) is 0 Å². The third-order valence-corrected chi connectivity index (χ3v) is 2.62. The molecule has 0 unspecified atom stereocenters. The van der Waals surface area contributed by atoms with Gasteiger partial charge in [0.05, 0.1) is 0 Å². The second-order valence-electron chi connectivity index (χ2n) is 3.76. The molecule has 0 aromatic heterocycles. The van der Waals surface area contributed by atoms with E-state index in [1.54, 1.807) is 0 Å². The normalized spacial score (nSPS) is 17.0. The number of terminal acetylenes is 1. The molecule has 0 atom stereocenters. The quantitative estimate of drug-likeness (QED) is 0.741. The molecule has 2 heteroatoms. The number of hydrogen-bond acceptors (Lipinski definition) is 2. The Morgan fingerprint density at radius 1 is 1.33 bits per heavy atom. The second-order valence-corrected chi connectivity index (χ2v) is 3.76. The number of anilines is 1. The molecule has 78 valence electrons. The molecule has 0 bridgehead atoms. The minimum atomic E-state index is 0.520. The van der Waals surface area contributed by atoms with Gasteiger partial charge >= 0.3 is 0 Å². The molecule has 15 heavy (non-hydrogen) atoms. The summed E-state index contributed by atoms with van der Waals surface area (Å²) in [6.45, 7) is 1.71. The van der Waals surface area contributed by atoms with Gasteiger partial charge in [0, 0.05) is 30.5 Å². The van der Waals surface area contributed by atoms with Crippen LogP contribution in [0.2, 0.25) is 0 Å². The lowest BCUT2D eigenvalue weighted by molar-refractivity contribution is 0.0904. The molecule has 1 aliphatic rings. The average molecular weight is 201 g/mol. The van der Waals surface area contributed by atoms with E-state index in [0.29, 0.717) is 6.04 Å². The van der Waals surface area contributed by atoms with Crippen LogP contribution in [0.5, 0.6) is 0 Å². The fourth-order valence-electron chi connectivity index (χ4n) is 1.78. The number of nitrogens with one attached hydrogen (secondary N) is 1. The maximum Gasteiger partial charge on any atom is 0.0485 e. The summed E-state index contributed by atoms with van der Waals surface area (Å²) in [6.07, 6.45) is 7.49. The second kappa shape index (κ2) is 4.86. The van der Waals surface area contributed by atoms with E-state index < -0.39 is 0 Å². The van der Waals surface area contributed by atoms with E-state index in [-0.39, 0.29) is 0 Å². The highest BCUT2D eigenvalue weighted by atomic mass is 16.5. The molecular weight excluding hydrogens is 186 g/mol. The van der Waals surface area contributed by atoms with Crippen molar-refractivity contribution < 1.29 is 4.74 Å². The molecule has 1 aliphatic heterocycles. The minimum Gasteiger partial charge on any atom is -0.382 e. The summed E-state index contributed by atoms with van der Waals surface area (Å²) >= 11 is 0. The van der Waals surface area contributed by atoms with Gasteiger partial charge in [0.2, 0.25) is 0 Å². The van der Waals surface area contributed by atoms with Gasteiger partial charge in [0.25, 0.3) is 0 Å². The van der Waals surface area contributed by atoms with Gasteiger partial charge in [-0.05, 0) is 31.0 Å². The molecule has 0 spiro atoms. The first-order valence-electron chi connectivity index (χ1n) is 5.29. The van der Waals surface area contributed by atoms with Crippen LogP contribution in [0.25, 0.3) is 0 Å². The number of ether oxygens (including phenoxy) is 1. The third-order valence-electron chi connectivity index (χ3n) is 2.62. The summed E-state index contributed by atoms with van der Waals surface area (Å²) in [5.41, 5.74) is 2.03. The molecule has 1 aromatic rings. The first kappa shape index (κ1) is 10.1. The molecule has 0 saturated carbocycles. The summed E-state index contributed by atoms with van der Waals surface area (Å²) in [5.74, 6) is 2.64. The Bertz CT molecular complexity index is 361. The van der Waals surface area contributed by atoms with Gasteiger partial charge in [0.15, 0.2) is 0 Å². The van der Waals surface area contributed by atoms with Gasteiger partial charge in [-0.25, -0.2) is 0 Å². The van der Waals surface area contributed by atoms with Gasteiger partial charge in [0.1, 0.15) is 0 Å². The lowest BCUT2D eigenvalue weighted by atomic mass is 10.1. The fourth-order valence-corrected chi connectivity index (χ4v) is 1.78.